The van der Waals surface area contributed by atoms with Crippen LogP contribution in [0.15, 0.2) is 59.8 Å². The van der Waals surface area contributed by atoms with Crippen LogP contribution in [0.5, 0.6) is 0 Å². The van der Waals surface area contributed by atoms with Crippen molar-refractivity contribution in [1.29, 1.82) is 0 Å². The zero-order valence-corrected chi connectivity index (χ0v) is 19.7. The zero-order valence-electron chi connectivity index (χ0n) is 18.9. The van der Waals surface area contributed by atoms with Gasteiger partial charge in [-0.2, -0.15) is 0 Å². The Labute approximate surface area is 196 Å². The summed E-state index contributed by atoms with van der Waals surface area (Å²) < 4.78 is 48.4. The lowest BCUT2D eigenvalue weighted by Gasteiger charge is -2.19. The van der Waals surface area contributed by atoms with E-state index in [1.54, 1.807) is 51.4 Å². The van der Waals surface area contributed by atoms with Gasteiger partial charge in [-0.3, -0.25) is 9.67 Å². The van der Waals surface area contributed by atoms with Gasteiger partial charge in [0.25, 0.3) is 0 Å². The van der Waals surface area contributed by atoms with Crippen molar-refractivity contribution in [2.45, 2.75) is 37.7 Å². The van der Waals surface area contributed by atoms with E-state index in [1.807, 2.05) is 0 Å². The highest BCUT2D eigenvalue weighted by atomic mass is 32.2. The maximum absolute atomic E-state index is 14.0. The number of sulfonamides is 1. The molecule has 4 aromatic rings. The third-order valence-corrected chi connectivity index (χ3v) is 6.45. The Hall–Kier alpha value is -3.57. The van der Waals surface area contributed by atoms with Gasteiger partial charge in [0.05, 0.1) is 16.1 Å². The topological polar surface area (TPSA) is 119 Å². The normalized spacial score (nSPS) is 12.2. The van der Waals surface area contributed by atoms with E-state index in [0.717, 1.165) is 0 Å². The van der Waals surface area contributed by atoms with E-state index in [0.29, 0.717) is 34.1 Å². The minimum absolute atomic E-state index is 0.0957. The van der Waals surface area contributed by atoms with Crippen molar-refractivity contribution >= 4 is 27.0 Å². The number of hydrogen-bond acceptors (Lipinski definition) is 6. The predicted octanol–water partition coefficient (Wildman–Crippen LogP) is 3.87. The summed E-state index contributed by atoms with van der Waals surface area (Å²) in [4.78, 5) is 12.8. The molecule has 0 aliphatic rings. The van der Waals surface area contributed by atoms with Crippen LogP contribution in [0.3, 0.4) is 0 Å². The van der Waals surface area contributed by atoms with Crippen LogP contribution >= 0.6 is 0 Å². The van der Waals surface area contributed by atoms with E-state index >= 15 is 0 Å². The first kappa shape index (κ1) is 23.6. The van der Waals surface area contributed by atoms with E-state index in [1.165, 1.54) is 28.8 Å². The fourth-order valence-corrected chi connectivity index (χ4v) is 4.48. The number of nitrogens with zero attached hydrogens (tertiary/aromatic N) is 3. The first-order valence-electron chi connectivity index (χ1n) is 10.5. The third-order valence-electron chi connectivity index (χ3n) is 4.97. The zero-order chi connectivity index (χ0) is 24.5. The molecular formula is C23H24FN5O4S. The Balaban J connectivity index is 1.61. The number of carbonyl (C=O) groups excluding carboxylic acids is 1. The van der Waals surface area contributed by atoms with Gasteiger partial charge in [-0.1, -0.05) is 17.3 Å². The van der Waals surface area contributed by atoms with Gasteiger partial charge in [0.15, 0.2) is 0 Å². The summed E-state index contributed by atoms with van der Waals surface area (Å²) in [6.45, 7) is 5.41. The maximum Gasteiger partial charge on any atom is 0.419 e. The minimum Gasteiger partial charge on any atom is -0.443 e. The molecule has 0 saturated carbocycles. The Bertz CT molecular complexity index is 1420. The number of aromatic amines is 1. The van der Waals surface area contributed by atoms with Gasteiger partial charge in [0, 0.05) is 36.3 Å². The van der Waals surface area contributed by atoms with Gasteiger partial charge >= 0.3 is 6.09 Å². The van der Waals surface area contributed by atoms with E-state index < -0.39 is 27.5 Å². The van der Waals surface area contributed by atoms with Gasteiger partial charge < -0.3 is 4.74 Å². The molecular weight excluding hydrogens is 461 g/mol. The fraction of sp³-hybridized carbons (Fsp3) is 0.261. The Kier molecular flexibility index (Phi) is 6.24. The fourth-order valence-electron chi connectivity index (χ4n) is 3.45. The second-order valence-electron chi connectivity index (χ2n) is 8.69. The SMILES string of the molecule is CC(C)(C)OC(=O)n1cc(-c2ccc(S(=O)(=O)NCCc3c[nH]nn3)cc2)c2ccc(F)cc21. The second kappa shape index (κ2) is 8.99. The molecule has 4 rings (SSSR count). The summed E-state index contributed by atoms with van der Waals surface area (Å²) in [5.41, 5.74) is 1.59. The Morgan fingerprint density at radius 1 is 1.18 bits per heavy atom. The molecule has 9 nitrogen and oxygen atoms in total. The lowest BCUT2D eigenvalue weighted by molar-refractivity contribution is 0.0544. The molecule has 2 heterocycles. The summed E-state index contributed by atoms with van der Waals surface area (Å²) in [6, 6.07) is 10.4. The molecule has 0 saturated heterocycles. The molecule has 11 heteroatoms. The Morgan fingerprint density at radius 2 is 1.91 bits per heavy atom. The summed E-state index contributed by atoms with van der Waals surface area (Å²) in [5.74, 6) is -0.486. The highest BCUT2D eigenvalue weighted by molar-refractivity contribution is 7.89. The molecule has 0 atom stereocenters. The number of aromatic nitrogens is 4. The average molecular weight is 486 g/mol. The number of nitrogens with one attached hydrogen (secondary N) is 2. The summed E-state index contributed by atoms with van der Waals surface area (Å²) in [6.07, 6.45) is 2.93. The summed E-state index contributed by atoms with van der Waals surface area (Å²) >= 11 is 0. The van der Waals surface area contributed by atoms with Crippen LogP contribution in [0, 0.1) is 5.82 Å². The predicted molar refractivity (Wildman–Crippen MR) is 124 cm³/mol. The van der Waals surface area contributed by atoms with Crippen molar-refractivity contribution in [2.24, 2.45) is 0 Å². The molecule has 0 fully saturated rings. The number of rotatable bonds is 6. The number of H-pyrrole nitrogens is 1. The van der Waals surface area contributed by atoms with Crippen LogP contribution in [-0.2, 0) is 21.2 Å². The van der Waals surface area contributed by atoms with Crippen LogP contribution in [0.1, 0.15) is 26.5 Å². The third kappa shape index (κ3) is 5.15. The highest BCUT2D eigenvalue weighted by Gasteiger charge is 2.22. The van der Waals surface area contributed by atoms with E-state index in [2.05, 4.69) is 20.1 Å². The molecule has 0 amide bonds. The molecule has 0 aliphatic carbocycles. The van der Waals surface area contributed by atoms with Crippen LogP contribution in [0.2, 0.25) is 0 Å². The largest absolute Gasteiger partial charge is 0.443 e. The van der Waals surface area contributed by atoms with Crippen LogP contribution in [0.4, 0.5) is 9.18 Å². The molecule has 34 heavy (non-hydrogen) atoms. The number of carbonyl (C=O) groups is 1. The van der Waals surface area contributed by atoms with E-state index in [9.17, 15) is 17.6 Å². The lowest BCUT2D eigenvalue weighted by atomic mass is 10.1. The summed E-state index contributed by atoms with van der Waals surface area (Å²) in [7, 11) is -3.73. The van der Waals surface area contributed by atoms with Gasteiger partial charge in [0.2, 0.25) is 10.0 Å². The monoisotopic (exact) mass is 485 g/mol. The van der Waals surface area contributed by atoms with Gasteiger partial charge in [-0.05, 0) is 56.7 Å². The smallest absolute Gasteiger partial charge is 0.419 e. The molecule has 0 radical (unpaired) electrons. The van der Waals surface area contributed by atoms with Crippen molar-refractivity contribution in [3.8, 4) is 11.1 Å². The van der Waals surface area contributed by atoms with Crippen molar-refractivity contribution in [1.82, 2.24) is 24.7 Å². The van der Waals surface area contributed by atoms with Gasteiger partial charge in [0.1, 0.15) is 11.4 Å². The van der Waals surface area contributed by atoms with E-state index in [-0.39, 0.29) is 11.4 Å². The molecule has 2 N–H and O–H groups in total. The second-order valence-corrected chi connectivity index (χ2v) is 10.5. The standard InChI is InChI=1S/C23H24FN5O4S/c1-23(2,3)33-22(30)29-14-20(19-9-6-16(24)12-21(19)29)15-4-7-18(8-5-15)34(31,32)26-11-10-17-13-25-28-27-17/h4-9,12-14,26H,10-11H2,1-3H3,(H,25,27,28). The maximum atomic E-state index is 14.0. The molecule has 2 aromatic heterocycles. The molecule has 178 valence electrons. The number of fused-ring (bicyclic) bond motifs is 1. The number of hydrogen-bond donors (Lipinski definition) is 2. The van der Waals surface area contributed by atoms with Gasteiger partial charge in [-0.15, -0.1) is 5.10 Å². The molecule has 0 spiro atoms. The van der Waals surface area contributed by atoms with Crippen molar-refractivity contribution < 1.29 is 22.3 Å². The van der Waals surface area contributed by atoms with Crippen molar-refractivity contribution in [3.63, 3.8) is 0 Å². The van der Waals surface area contributed by atoms with Crippen LogP contribution < -0.4 is 4.72 Å². The summed E-state index contributed by atoms with van der Waals surface area (Å²) in [5, 5.41) is 10.6. The molecule has 0 unspecified atom stereocenters. The molecule has 0 aliphatic heterocycles. The molecule has 0 bridgehead atoms. The Morgan fingerprint density at radius 3 is 2.56 bits per heavy atom. The van der Waals surface area contributed by atoms with Crippen LogP contribution in [-0.4, -0.2) is 46.6 Å². The first-order valence-corrected chi connectivity index (χ1v) is 12.0. The average Bonchev–Trinajstić information content (AvgIpc) is 3.40. The lowest BCUT2D eigenvalue weighted by Crippen LogP contribution is -2.26. The minimum atomic E-state index is -3.73. The van der Waals surface area contributed by atoms with Crippen LogP contribution in [0.25, 0.3) is 22.0 Å². The number of benzene rings is 2. The van der Waals surface area contributed by atoms with E-state index in [4.69, 9.17) is 4.74 Å². The first-order chi connectivity index (χ1) is 16.0. The number of halogens is 1. The van der Waals surface area contributed by atoms with Crippen molar-refractivity contribution in [3.05, 3.63) is 66.4 Å². The number of ether oxygens (including phenoxy) is 1. The quantitative estimate of drug-likeness (QED) is 0.428. The van der Waals surface area contributed by atoms with Gasteiger partial charge in [-0.25, -0.2) is 22.3 Å². The molecule has 2 aromatic carbocycles. The highest BCUT2D eigenvalue weighted by Crippen LogP contribution is 2.32. The van der Waals surface area contributed by atoms with Crippen molar-refractivity contribution in [2.75, 3.05) is 6.54 Å².